The molecule has 2 heterocycles. The molecule has 0 fully saturated rings. The zero-order valence-corrected chi connectivity index (χ0v) is 15.6. The third-order valence-corrected chi connectivity index (χ3v) is 4.76. The number of aryl methyl sites for hydroxylation is 1. The fourth-order valence-corrected chi connectivity index (χ4v) is 3.47. The van der Waals surface area contributed by atoms with Crippen LogP contribution in [0.25, 0.3) is 10.9 Å². The van der Waals surface area contributed by atoms with Gasteiger partial charge in [0.1, 0.15) is 12.4 Å². The highest BCUT2D eigenvalue weighted by Crippen LogP contribution is 2.19. The van der Waals surface area contributed by atoms with Crippen molar-refractivity contribution in [3.8, 4) is 0 Å². The zero-order chi connectivity index (χ0) is 18.8. The Morgan fingerprint density at radius 2 is 1.96 bits per heavy atom. The molecule has 0 saturated carbocycles. The van der Waals surface area contributed by atoms with Crippen molar-refractivity contribution in [1.82, 2.24) is 14.3 Å². The number of carbonyl (C=O) groups is 1. The number of hydrogen-bond donors (Lipinski definition) is 1. The molecule has 0 bridgehead atoms. The summed E-state index contributed by atoms with van der Waals surface area (Å²) < 4.78 is 3.77. The van der Waals surface area contributed by atoms with Gasteiger partial charge in [-0.3, -0.25) is 4.79 Å². The molecule has 1 N–H and O–H groups in total. The second-order valence-corrected chi connectivity index (χ2v) is 6.92. The van der Waals surface area contributed by atoms with Crippen LogP contribution in [0.2, 0.25) is 5.02 Å². The molecule has 136 valence electrons. The number of aromatic nitrogens is 3. The number of para-hydroxylation sites is 1. The number of nitrogens with zero attached hydrogens (tertiary/aromatic N) is 3. The minimum absolute atomic E-state index is 0.0905. The molecule has 5 nitrogen and oxygen atoms in total. The van der Waals surface area contributed by atoms with Gasteiger partial charge in [-0.05, 0) is 42.1 Å². The Hall–Kier alpha value is -3.05. The van der Waals surface area contributed by atoms with Crippen LogP contribution in [0.4, 0.5) is 5.82 Å². The van der Waals surface area contributed by atoms with Crippen LogP contribution >= 0.6 is 11.6 Å². The van der Waals surface area contributed by atoms with Crippen molar-refractivity contribution in [2.75, 3.05) is 5.32 Å². The fourth-order valence-electron chi connectivity index (χ4n) is 3.26. The summed E-state index contributed by atoms with van der Waals surface area (Å²) >= 11 is 6.05. The molecule has 2 aromatic heterocycles. The van der Waals surface area contributed by atoms with Gasteiger partial charge in [-0.1, -0.05) is 41.9 Å². The molecule has 4 rings (SSSR count). The Bertz CT molecular complexity index is 1110. The molecule has 0 saturated heterocycles. The van der Waals surface area contributed by atoms with Gasteiger partial charge in [0.2, 0.25) is 5.91 Å². The largest absolute Gasteiger partial charge is 0.335 e. The van der Waals surface area contributed by atoms with Gasteiger partial charge in [0.05, 0.1) is 12.7 Å². The molecule has 0 aliphatic carbocycles. The Labute approximate surface area is 162 Å². The zero-order valence-electron chi connectivity index (χ0n) is 14.9. The van der Waals surface area contributed by atoms with E-state index in [2.05, 4.69) is 22.5 Å². The number of benzene rings is 2. The molecule has 0 unspecified atom stereocenters. The molecule has 0 radical (unpaired) electrons. The standard InChI is InChI=1S/C21H19ClN4O/c1-15-11-17-6-2-3-8-19(17)25(15)14-21(27)24-20-9-10-23-26(20)13-16-5-4-7-18(22)12-16/h2-12H,13-14H2,1H3,(H,24,27). The summed E-state index contributed by atoms with van der Waals surface area (Å²) in [7, 11) is 0. The van der Waals surface area contributed by atoms with E-state index in [9.17, 15) is 4.79 Å². The first-order valence-corrected chi connectivity index (χ1v) is 9.09. The Balaban J connectivity index is 1.50. The van der Waals surface area contributed by atoms with E-state index < -0.39 is 0 Å². The Morgan fingerprint density at radius 1 is 1.11 bits per heavy atom. The van der Waals surface area contributed by atoms with Gasteiger partial charge in [-0.25, -0.2) is 4.68 Å². The summed E-state index contributed by atoms with van der Waals surface area (Å²) in [6, 6.07) is 19.6. The summed E-state index contributed by atoms with van der Waals surface area (Å²) in [4.78, 5) is 12.6. The molecular formula is C21H19ClN4O. The number of halogens is 1. The second kappa shape index (κ2) is 7.29. The number of amides is 1. The highest BCUT2D eigenvalue weighted by Gasteiger charge is 2.12. The van der Waals surface area contributed by atoms with E-state index in [1.54, 1.807) is 16.9 Å². The lowest BCUT2D eigenvalue weighted by Gasteiger charge is -2.11. The van der Waals surface area contributed by atoms with Crippen LogP contribution in [0.1, 0.15) is 11.3 Å². The summed E-state index contributed by atoms with van der Waals surface area (Å²) in [6.07, 6.45) is 1.68. The first kappa shape index (κ1) is 17.4. The van der Waals surface area contributed by atoms with Crippen molar-refractivity contribution in [2.45, 2.75) is 20.0 Å². The molecule has 4 aromatic rings. The Kier molecular flexibility index (Phi) is 4.69. The molecule has 0 atom stereocenters. The van der Waals surface area contributed by atoms with Gasteiger partial charge < -0.3 is 9.88 Å². The predicted molar refractivity (Wildman–Crippen MR) is 108 cm³/mol. The average molecular weight is 379 g/mol. The Morgan fingerprint density at radius 3 is 2.81 bits per heavy atom. The number of rotatable bonds is 5. The molecule has 2 aromatic carbocycles. The van der Waals surface area contributed by atoms with E-state index in [1.807, 2.05) is 54.0 Å². The maximum absolute atomic E-state index is 12.6. The number of fused-ring (bicyclic) bond motifs is 1. The first-order valence-electron chi connectivity index (χ1n) is 8.71. The molecule has 0 aliphatic heterocycles. The molecular weight excluding hydrogens is 360 g/mol. The average Bonchev–Trinajstić information content (AvgIpc) is 3.19. The number of hydrogen-bond acceptors (Lipinski definition) is 2. The number of nitrogens with one attached hydrogen (secondary N) is 1. The van der Waals surface area contributed by atoms with Gasteiger partial charge in [0.15, 0.2) is 0 Å². The lowest BCUT2D eigenvalue weighted by Crippen LogP contribution is -2.21. The van der Waals surface area contributed by atoms with Gasteiger partial charge in [0.25, 0.3) is 0 Å². The molecule has 6 heteroatoms. The lowest BCUT2D eigenvalue weighted by atomic mass is 10.2. The minimum atomic E-state index is -0.0905. The first-order chi connectivity index (χ1) is 13.1. The topological polar surface area (TPSA) is 51.9 Å². The molecule has 0 spiro atoms. The fraction of sp³-hybridized carbons (Fsp3) is 0.143. The normalized spacial score (nSPS) is 11.0. The highest BCUT2D eigenvalue weighted by molar-refractivity contribution is 6.30. The monoisotopic (exact) mass is 378 g/mol. The van der Waals surface area contributed by atoms with Crippen LogP contribution in [0.5, 0.6) is 0 Å². The SMILES string of the molecule is Cc1cc2ccccc2n1CC(=O)Nc1ccnn1Cc1cccc(Cl)c1. The van der Waals surface area contributed by atoms with Crippen LogP contribution in [-0.2, 0) is 17.9 Å². The summed E-state index contributed by atoms with van der Waals surface area (Å²) in [5, 5.41) is 9.09. The van der Waals surface area contributed by atoms with Crippen molar-refractivity contribution in [3.63, 3.8) is 0 Å². The van der Waals surface area contributed by atoms with E-state index in [1.165, 1.54) is 0 Å². The van der Waals surface area contributed by atoms with Gasteiger partial charge in [-0.2, -0.15) is 5.10 Å². The van der Waals surface area contributed by atoms with Crippen LogP contribution in [0.3, 0.4) is 0 Å². The van der Waals surface area contributed by atoms with Crippen LogP contribution < -0.4 is 5.32 Å². The molecule has 1 amide bonds. The summed E-state index contributed by atoms with van der Waals surface area (Å²) in [5.74, 6) is 0.571. The van der Waals surface area contributed by atoms with Crippen LogP contribution in [0, 0.1) is 6.92 Å². The lowest BCUT2D eigenvalue weighted by molar-refractivity contribution is -0.116. The van der Waals surface area contributed by atoms with E-state index >= 15 is 0 Å². The van der Waals surface area contributed by atoms with Crippen molar-refractivity contribution >= 4 is 34.2 Å². The van der Waals surface area contributed by atoms with Crippen molar-refractivity contribution in [3.05, 3.63) is 83.1 Å². The van der Waals surface area contributed by atoms with E-state index in [-0.39, 0.29) is 12.5 Å². The quantitative estimate of drug-likeness (QED) is 0.556. The van der Waals surface area contributed by atoms with E-state index in [4.69, 9.17) is 11.6 Å². The third-order valence-electron chi connectivity index (χ3n) is 4.52. The maximum Gasteiger partial charge on any atom is 0.245 e. The second-order valence-electron chi connectivity index (χ2n) is 6.48. The van der Waals surface area contributed by atoms with Gasteiger partial charge in [0, 0.05) is 22.3 Å². The predicted octanol–water partition coefficient (Wildman–Crippen LogP) is 4.49. The maximum atomic E-state index is 12.6. The molecule has 27 heavy (non-hydrogen) atoms. The number of carbonyl (C=O) groups excluding carboxylic acids is 1. The highest BCUT2D eigenvalue weighted by atomic mass is 35.5. The summed E-state index contributed by atoms with van der Waals surface area (Å²) in [5.41, 5.74) is 3.13. The molecule has 0 aliphatic rings. The van der Waals surface area contributed by atoms with E-state index in [0.29, 0.717) is 17.4 Å². The van der Waals surface area contributed by atoms with Crippen molar-refractivity contribution in [2.24, 2.45) is 0 Å². The van der Waals surface area contributed by atoms with Gasteiger partial charge >= 0.3 is 0 Å². The smallest absolute Gasteiger partial charge is 0.245 e. The van der Waals surface area contributed by atoms with Crippen LogP contribution in [-0.4, -0.2) is 20.3 Å². The van der Waals surface area contributed by atoms with E-state index in [0.717, 1.165) is 22.2 Å². The third kappa shape index (κ3) is 3.73. The van der Waals surface area contributed by atoms with Crippen molar-refractivity contribution in [1.29, 1.82) is 0 Å². The number of anilines is 1. The van der Waals surface area contributed by atoms with Gasteiger partial charge in [-0.15, -0.1) is 0 Å². The summed E-state index contributed by atoms with van der Waals surface area (Å²) in [6.45, 7) is 2.80. The van der Waals surface area contributed by atoms with Crippen LogP contribution in [0.15, 0.2) is 66.9 Å². The minimum Gasteiger partial charge on any atom is -0.335 e. The van der Waals surface area contributed by atoms with Crippen molar-refractivity contribution < 1.29 is 4.79 Å².